The maximum absolute atomic E-state index is 12.4. The Morgan fingerprint density at radius 3 is 1.74 bits per heavy atom. The van der Waals surface area contributed by atoms with Gasteiger partial charge in [0.15, 0.2) is 0 Å². The minimum atomic E-state index is -1.13. The molecule has 0 aromatic heterocycles. The summed E-state index contributed by atoms with van der Waals surface area (Å²) in [7, 11) is 0. The standard InChI is InChI=1S/C21H33N3O7/c1-4-13-29-18(25)11-10-17(20(27)31-15-6-3)24-21(28)23-16(9-7-8-12-22)19(26)30-14-5-2/h4-6,16-17H,1-3,7-15,22H2,(H2,23,24,28)/t16-,17?/m0/s1. The molecule has 0 aliphatic heterocycles. The highest BCUT2D eigenvalue weighted by molar-refractivity contribution is 5.87. The third kappa shape index (κ3) is 13.7. The Kier molecular flexibility index (Phi) is 15.9. The fraction of sp³-hybridized carbons (Fsp3) is 0.524. The number of carbonyl (C=O) groups is 4. The van der Waals surface area contributed by atoms with E-state index < -0.39 is 36.0 Å². The molecule has 0 bridgehead atoms. The first kappa shape index (κ1) is 27.9. The molecular weight excluding hydrogens is 406 g/mol. The summed E-state index contributed by atoms with van der Waals surface area (Å²) >= 11 is 0. The summed E-state index contributed by atoms with van der Waals surface area (Å²) in [6.45, 7) is 10.8. The molecule has 10 heteroatoms. The maximum Gasteiger partial charge on any atom is 0.329 e. The van der Waals surface area contributed by atoms with E-state index in [9.17, 15) is 19.2 Å². The SMILES string of the molecule is C=CCOC(=O)CCC(NC(=O)N[C@@H](CCCCN)C(=O)OCC=C)C(=O)OCC=C. The Labute approximate surface area is 182 Å². The monoisotopic (exact) mass is 439 g/mol. The summed E-state index contributed by atoms with van der Waals surface area (Å²) in [6, 6.07) is -2.85. The summed E-state index contributed by atoms with van der Waals surface area (Å²) in [5, 5.41) is 4.92. The van der Waals surface area contributed by atoms with Crippen LogP contribution in [0.1, 0.15) is 32.1 Å². The van der Waals surface area contributed by atoms with Gasteiger partial charge in [-0.15, -0.1) is 0 Å². The summed E-state index contributed by atoms with van der Waals surface area (Å²) in [6.07, 6.45) is 5.56. The van der Waals surface area contributed by atoms with E-state index in [0.29, 0.717) is 25.8 Å². The highest BCUT2D eigenvalue weighted by Crippen LogP contribution is 2.06. The van der Waals surface area contributed by atoms with Crippen LogP contribution in [0.4, 0.5) is 4.79 Å². The molecule has 0 rings (SSSR count). The molecule has 31 heavy (non-hydrogen) atoms. The molecule has 0 spiro atoms. The molecule has 0 saturated carbocycles. The second-order valence-corrected chi connectivity index (χ2v) is 6.36. The third-order valence-electron chi connectivity index (χ3n) is 3.81. The molecule has 4 N–H and O–H groups in total. The van der Waals surface area contributed by atoms with Gasteiger partial charge in [-0.05, 0) is 32.2 Å². The van der Waals surface area contributed by atoms with Crippen LogP contribution >= 0.6 is 0 Å². The molecule has 0 saturated heterocycles. The van der Waals surface area contributed by atoms with Crippen molar-refractivity contribution in [3.8, 4) is 0 Å². The Balaban J connectivity index is 5.04. The van der Waals surface area contributed by atoms with Gasteiger partial charge in [-0.2, -0.15) is 0 Å². The molecular formula is C21H33N3O7. The van der Waals surface area contributed by atoms with E-state index in [0.717, 1.165) is 0 Å². The van der Waals surface area contributed by atoms with Gasteiger partial charge in [0, 0.05) is 6.42 Å². The van der Waals surface area contributed by atoms with Crippen LogP contribution < -0.4 is 16.4 Å². The Bertz CT molecular complexity index is 622. The zero-order valence-corrected chi connectivity index (χ0v) is 17.8. The molecule has 0 aliphatic carbocycles. The van der Waals surface area contributed by atoms with Crippen LogP contribution in [-0.2, 0) is 28.6 Å². The fourth-order valence-corrected chi connectivity index (χ4v) is 2.32. The molecule has 0 aromatic carbocycles. The summed E-state index contributed by atoms with van der Waals surface area (Å²) in [5.74, 6) is -1.94. The van der Waals surface area contributed by atoms with Crippen LogP contribution in [0.3, 0.4) is 0 Å². The first-order chi connectivity index (χ1) is 14.9. The van der Waals surface area contributed by atoms with Crippen LogP contribution in [-0.4, -0.2) is 62.4 Å². The molecule has 2 amide bonds. The van der Waals surface area contributed by atoms with Crippen molar-refractivity contribution in [3.05, 3.63) is 38.0 Å². The number of urea groups is 1. The predicted octanol–water partition coefficient (Wildman–Crippen LogP) is 1.12. The maximum atomic E-state index is 12.4. The van der Waals surface area contributed by atoms with Crippen LogP contribution in [0.25, 0.3) is 0 Å². The quantitative estimate of drug-likeness (QED) is 0.132. The smallest absolute Gasteiger partial charge is 0.329 e. The lowest BCUT2D eigenvalue weighted by molar-refractivity contribution is -0.146. The summed E-state index contributed by atoms with van der Waals surface area (Å²) < 4.78 is 14.8. The van der Waals surface area contributed by atoms with Crippen LogP contribution in [0.5, 0.6) is 0 Å². The predicted molar refractivity (Wildman–Crippen MR) is 115 cm³/mol. The molecule has 0 radical (unpaired) electrons. The van der Waals surface area contributed by atoms with Gasteiger partial charge in [-0.25, -0.2) is 14.4 Å². The number of nitrogens with two attached hydrogens (primary N) is 1. The highest BCUT2D eigenvalue weighted by Gasteiger charge is 2.27. The topological polar surface area (TPSA) is 146 Å². The first-order valence-electron chi connectivity index (χ1n) is 9.98. The second-order valence-electron chi connectivity index (χ2n) is 6.36. The molecule has 0 aromatic rings. The first-order valence-corrected chi connectivity index (χ1v) is 9.98. The number of unbranched alkanes of at least 4 members (excludes halogenated alkanes) is 1. The van der Waals surface area contributed by atoms with Gasteiger partial charge < -0.3 is 30.6 Å². The average molecular weight is 440 g/mol. The van der Waals surface area contributed by atoms with Crippen LogP contribution in [0.2, 0.25) is 0 Å². The number of carbonyl (C=O) groups excluding carboxylic acids is 4. The lowest BCUT2D eigenvalue weighted by Crippen LogP contribution is -2.52. The zero-order valence-electron chi connectivity index (χ0n) is 17.8. The van der Waals surface area contributed by atoms with Gasteiger partial charge in [0.2, 0.25) is 0 Å². The van der Waals surface area contributed by atoms with Gasteiger partial charge in [0.05, 0.1) is 0 Å². The zero-order chi connectivity index (χ0) is 23.5. The Hall–Kier alpha value is -3.14. The van der Waals surface area contributed by atoms with Crippen molar-refractivity contribution in [2.24, 2.45) is 5.73 Å². The van der Waals surface area contributed by atoms with E-state index in [-0.39, 0.29) is 32.7 Å². The van der Waals surface area contributed by atoms with Crippen molar-refractivity contribution in [1.82, 2.24) is 10.6 Å². The average Bonchev–Trinajstić information content (AvgIpc) is 2.76. The van der Waals surface area contributed by atoms with E-state index in [1.54, 1.807) is 0 Å². The van der Waals surface area contributed by atoms with E-state index in [4.69, 9.17) is 19.9 Å². The number of amides is 2. The molecule has 0 aliphatic rings. The van der Waals surface area contributed by atoms with E-state index in [2.05, 4.69) is 30.4 Å². The number of hydrogen-bond acceptors (Lipinski definition) is 8. The van der Waals surface area contributed by atoms with E-state index in [1.165, 1.54) is 18.2 Å². The lowest BCUT2D eigenvalue weighted by atomic mass is 10.1. The van der Waals surface area contributed by atoms with Crippen LogP contribution in [0, 0.1) is 0 Å². The van der Waals surface area contributed by atoms with Crippen molar-refractivity contribution in [2.45, 2.75) is 44.2 Å². The van der Waals surface area contributed by atoms with Crippen molar-refractivity contribution >= 4 is 23.9 Å². The molecule has 0 heterocycles. The minimum absolute atomic E-state index is 0.00115. The number of rotatable bonds is 17. The number of ether oxygens (including phenoxy) is 3. The number of hydrogen-bond donors (Lipinski definition) is 3. The Morgan fingerprint density at radius 2 is 1.26 bits per heavy atom. The molecule has 0 fully saturated rings. The minimum Gasteiger partial charge on any atom is -0.461 e. The van der Waals surface area contributed by atoms with Crippen molar-refractivity contribution < 1.29 is 33.4 Å². The van der Waals surface area contributed by atoms with E-state index >= 15 is 0 Å². The highest BCUT2D eigenvalue weighted by atomic mass is 16.5. The van der Waals surface area contributed by atoms with Crippen molar-refractivity contribution in [1.29, 1.82) is 0 Å². The van der Waals surface area contributed by atoms with Gasteiger partial charge in [0.1, 0.15) is 31.9 Å². The third-order valence-corrected chi connectivity index (χ3v) is 3.81. The molecule has 1 unspecified atom stereocenters. The van der Waals surface area contributed by atoms with Crippen molar-refractivity contribution in [2.75, 3.05) is 26.4 Å². The van der Waals surface area contributed by atoms with Gasteiger partial charge in [-0.1, -0.05) is 38.0 Å². The van der Waals surface area contributed by atoms with Gasteiger partial charge in [0.25, 0.3) is 0 Å². The number of esters is 3. The van der Waals surface area contributed by atoms with Gasteiger partial charge in [-0.3, -0.25) is 4.79 Å². The van der Waals surface area contributed by atoms with Crippen molar-refractivity contribution in [3.63, 3.8) is 0 Å². The molecule has 10 nitrogen and oxygen atoms in total. The normalized spacial score (nSPS) is 11.9. The van der Waals surface area contributed by atoms with Gasteiger partial charge >= 0.3 is 23.9 Å². The molecule has 174 valence electrons. The fourth-order valence-electron chi connectivity index (χ4n) is 2.32. The second kappa shape index (κ2) is 17.7. The number of nitrogens with one attached hydrogen (secondary N) is 2. The lowest BCUT2D eigenvalue weighted by Gasteiger charge is -2.21. The van der Waals surface area contributed by atoms with Crippen LogP contribution in [0.15, 0.2) is 38.0 Å². The largest absolute Gasteiger partial charge is 0.461 e. The van der Waals surface area contributed by atoms with E-state index in [1.807, 2.05) is 0 Å². The summed E-state index contributed by atoms with van der Waals surface area (Å²) in [5.41, 5.74) is 5.47. The molecule has 2 atom stereocenters. The summed E-state index contributed by atoms with van der Waals surface area (Å²) in [4.78, 5) is 48.6. The Morgan fingerprint density at radius 1 is 0.774 bits per heavy atom.